The van der Waals surface area contributed by atoms with E-state index < -0.39 is 8.07 Å². The first kappa shape index (κ1) is 14.2. The molecule has 1 fully saturated rings. The first-order valence-corrected chi connectivity index (χ1v) is 10.2. The molecule has 0 aromatic carbocycles. The minimum atomic E-state index is -0.881. The number of hydrogen-bond donors (Lipinski definition) is 1. The van der Waals surface area contributed by atoms with Gasteiger partial charge in [0, 0.05) is 0 Å². The van der Waals surface area contributed by atoms with Gasteiger partial charge in [0.25, 0.3) is 0 Å². The molecule has 0 radical (unpaired) electrons. The van der Waals surface area contributed by atoms with Crippen LogP contribution in [0.3, 0.4) is 0 Å². The molecule has 1 nitrogen and oxygen atoms in total. The maximum Gasteiger partial charge on any atom is 0.0540 e. The van der Waals surface area contributed by atoms with Crippen molar-refractivity contribution in [2.45, 2.75) is 83.2 Å². The molecule has 2 heteroatoms. The summed E-state index contributed by atoms with van der Waals surface area (Å²) in [6.07, 6.45) is 6.15. The summed E-state index contributed by atoms with van der Waals surface area (Å²) in [5.74, 6) is 0.930. The van der Waals surface area contributed by atoms with Gasteiger partial charge in [-0.05, 0) is 31.6 Å². The molecular weight excluding hydrogens is 212 g/mol. The van der Waals surface area contributed by atoms with E-state index in [0.717, 1.165) is 18.8 Å². The average molecular weight is 242 g/mol. The van der Waals surface area contributed by atoms with Crippen molar-refractivity contribution in [2.75, 3.05) is 0 Å². The molecule has 0 bridgehead atoms. The molecule has 0 aliphatic heterocycles. The zero-order valence-electron chi connectivity index (χ0n) is 11.5. The summed E-state index contributed by atoms with van der Waals surface area (Å²) in [4.78, 5) is 0. The van der Waals surface area contributed by atoms with Gasteiger partial charge in [-0.2, -0.15) is 0 Å². The topological polar surface area (TPSA) is 20.2 Å². The molecule has 0 spiro atoms. The van der Waals surface area contributed by atoms with Crippen LogP contribution >= 0.6 is 0 Å². The van der Waals surface area contributed by atoms with Gasteiger partial charge >= 0.3 is 0 Å². The van der Waals surface area contributed by atoms with Gasteiger partial charge in [-0.3, -0.25) is 0 Å². The molecule has 1 aliphatic carbocycles. The van der Waals surface area contributed by atoms with E-state index >= 15 is 0 Å². The van der Waals surface area contributed by atoms with Crippen LogP contribution < -0.4 is 0 Å². The lowest BCUT2D eigenvalue weighted by atomic mass is 9.86. The Morgan fingerprint density at radius 2 is 1.44 bits per heavy atom. The van der Waals surface area contributed by atoms with Crippen molar-refractivity contribution in [1.82, 2.24) is 0 Å². The van der Waals surface area contributed by atoms with Crippen molar-refractivity contribution < 1.29 is 5.11 Å². The van der Waals surface area contributed by atoms with Gasteiger partial charge in [-0.25, -0.2) is 0 Å². The summed E-state index contributed by atoms with van der Waals surface area (Å²) >= 11 is 0. The zero-order valence-corrected chi connectivity index (χ0v) is 12.5. The SMILES string of the molecule is CC[Si](CC)(CC)CCC1CCC(O)CC1. The number of hydrogen-bond acceptors (Lipinski definition) is 1. The number of aliphatic hydroxyl groups is 1. The molecule has 0 saturated heterocycles. The Morgan fingerprint density at radius 1 is 0.938 bits per heavy atom. The highest BCUT2D eigenvalue weighted by Crippen LogP contribution is 2.33. The summed E-state index contributed by atoms with van der Waals surface area (Å²) in [7, 11) is -0.881. The molecule has 0 heterocycles. The maximum atomic E-state index is 9.50. The molecule has 0 atom stereocenters. The Kier molecular flexibility index (Phi) is 6.05. The molecule has 0 unspecified atom stereocenters. The molecule has 1 rings (SSSR count). The smallest absolute Gasteiger partial charge is 0.0540 e. The maximum absolute atomic E-state index is 9.50. The zero-order chi connectivity index (χ0) is 12.0. The van der Waals surface area contributed by atoms with Crippen LogP contribution in [0.1, 0.15) is 52.9 Å². The molecule has 1 aliphatic rings. The third-order valence-electron chi connectivity index (χ3n) is 5.15. The molecule has 1 N–H and O–H groups in total. The fourth-order valence-electron chi connectivity index (χ4n) is 3.22. The lowest BCUT2D eigenvalue weighted by Gasteiger charge is -2.32. The quantitative estimate of drug-likeness (QED) is 0.683. The Morgan fingerprint density at radius 3 is 1.88 bits per heavy atom. The first-order valence-electron chi connectivity index (χ1n) is 7.33. The summed E-state index contributed by atoms with van der Waals surface area (Å²) in [5, 5.41) is 9.50. The Bertz CT molecular complexity index is 173. The van der Waals surface area contributed by atoms with E-state index in [2.05, 4.69) is 20.8 Å². The predicted octanol–water partition coefficient (Wildman–Crippen LogP) is 4.44. The third-order valence-corrected chi connectivity index (χ3v) is 11.0. The van der Waals surface area contributed by atoms with E-state index in [1.54, 1.807) is 0 Å². The monoisotopic (exact) mass is 242 g/mol. The summed E-state index contributed by atoms with van der Waals surface area (Å²) in [6, 6.07) is 5.94. The lowest BCUT2D eigenvalue weighted by Crippen LogP contribution is -2.32. The van der Waals surface area contributed by atoms with E-state index in [4.69, 9.17) is 0 Å². The van der Waals surface area contributed by atoms with Crippen molar-refractivity contribution in [3.63, 3.8) is 0 Å². The highest BCUT2D eigenvalue weighted by Gasteiger charge is 2.28. The van der Waals surface area contributed by atoms with Crippen LogP contribution in [-0.2, 0) is 0 Å². The summed E-state index contributed by atoms with van der Waals surface area (Å²) < 4.78 is 0. The van der Waals surface area contributed by atoms with Crippen molar-refractivity contribution in [3.8, 4) is 0 Å². The van der Waals surface area contributed by atoms with E-state index in [1.807, 2.05) is 0 Å². The van der Waals surface area contributed by atoms with Crippen molar-refractivity contribution >= 4 is 8.07 Å². The second-order valence-electron chi connectivity index (χ2n) is 5.77. The van der Waals surface area contributed by atoms with Gasteiger partial charge in [-0.1, -0.05) is 51.4 Å². The van der Waals surface area contributed by atoms with E-state index in [1.165, 1.54) is 43.4 Å². The number of rotatable bonds is 6. The van der Waals surface area contributed by atoms with Crippen LogP contribution in [0.2, 0.25) is 24.2 Å². The van der Waals surface area contributed by atoms with Crippen LogP contribution in [0, 0.1) is 5.92 Å². The van der Waals surface area contributed by atoms with Gasteiger partial charge in [0.05, 0.1) is 14.2 Å². The molecule has 1 saturated carbocycles. The fourth-order valence-corrected chi connectivity index (χ4v) is 6.81. The van der Waals surface area contributed by atoms with Gasteiger partial charge in [0.15, 0.2) is 0 Å². The van der Waals surface area contributed by atoms with Crippen molar-refractivity contribution in [3.05, 3.63) is 0 Å². The molecule has 16 heavy (non-hydrogen) atoms. The van der Waals surface area contributed by atoms with Crippen molar-refractivity contribution in [2.24, 2.45) is 5.92 Å². The second-order valence-corrected chi connectivity index (χ2v) is 11.4. The van der Waals surface area contributed by atoms with Crippen LogP contribution in [0.25, 0.3) is 0 Å². The average Bonchev–Trinajstić information content (AvgIpc) is 2.34. The highest BCUT2D eigenvalue weighted by atomic mass is 28.3. The van der Waals surface area contributed by atoms with Gasteiger partial charge in [0.1, 0.15) is 0 Å². The normalized spacial score (nSPS) is 27.0. The Hall–Kier alpha value is 0.177. The summed E-state index contributed by atoms with van der Waals surface area (Å²) in [5.41, 5.74) is 0. The van der Waals surface area contributed by atoms with Crippen LogP contribution in [-0.4, -0.2) is 19.3 Å². The van der Waals surface area contributed by atoms with Gasteiger partial charge < -0.3 is 5.11 Å². The van der Waals surface area contributed by atoms with Crippen molar-refractivity contribution in [1.29, 1.82) is 0 Å². The minimum Gasteiger partial charge on any atom is -0.393 e. The third kappa shape index (κ3) is 3.88. The largest absolute Gasteiger partial charge is 0.393 e. The van der Waals surface area contributed by atoms with E-state index in [-0.39, 0.29) is 6.10 Å². The van der Waals surface area contributed by atoms with E-state index in [0.29, 0.717) is 0 Å². The highest BCUT2D eigenvalue weighted by molar-refractivity contribution is 6.79. The fraction of sp³-hybridized carbons (Fsp3) is 1.00. The molecule has 0 aromatic heterocycles. The van der Waals surface area contributed by atoms with Crippen LogP contribution in [0.15, 0.2) is 0 Å². The standard InChI is InChI=1S/C14H30OSi/c1-4-16(5-2,6-3)12-11-13-7-9-14(15)10-8-13/h13-15H,4-12H2,1-3H3. The second kappa shape index (κ2) is 6.80. The molecular formula is C14H30OSi. The van der Waals surface area contributed by atoms with E-state index in [9.17, 15) is 5.11 Å². The van der Waals surface area contributed by atoms with Gasteiger partial charge in [-0.15, -0.1) is 0 Å². The molecule has 96 valence electrons. The van der Waals surface area contributed by atoms with Crippen LogP contribution in [0.4, 0.5) is 0 Å². The Labute approximate surface area is 103 Å². The minimum absolute atomic E-state index is 0.0155. The molecule has 0 amide bonds. The predicted molar refractivity (Wildman–Crippen MR) is 74.6 cm³/mol. The number of aliphatic hydroxyl groups excluding tert-OH is 1. The van der Waals surface area contributed by atoms with Crippen LogP contribution in [0.5, 0.6) is 0 Å². The summed E-state index contributed by atoms with van der Waals surface area (Å²) in [6.45, 7) is 7.22. The molecule has 0 aromatic rings. The Balaban J connectivity index is 2.32. The van der Waals surface area contributed by atoms with Gasteiger partial charge in [0.2, 0.25) is 0 Å². The first-order chi connectivity index (χ1) is 7.65. The lowest BCUT2D eigenvalue weighted by molar-refractivity contribution is 0.107.